The summed E-state index contributed by atoms with van der Waals surface area (Å²) < 4.78 is 13.2. The van der Waals surface area contributed by atoms with E-state index in [1.165, 1.54) is 24.3 Å². The second-order valence-corrected chi connectivity index (χ2v) is 7.17. The van der Waals surface area contributed by atoms with Crippen molar-refractivity contribution in [3.8, 4) is 5.75 Å². The van der Waals surface area contributed by atoms with E-state index >= 15 is 0 Å². The second kappa shape index (κ2) is 8.59. The van der Waals surface area contributed by atoms with E-state index in [4.69, 9.17) is 14.5 Å². The number of hydrogen-bond donors (Lipinski definition) is 1. The van der Waals surface area contributed by atoms with Gasteiger partial charge in [-0.2, -0.15) is 0 Å². The van der Waals surface area contributed by atoms with E-state index in [1.54, 1.807) is 0 Å². The molecule has 1 fully saturated rings. The molecule has 4 rings (SSSR count). The van der Waals surface area contributed by atoms with Crippen LogP contribution in [0.3, 0.4) is 0 Å². The van der Waals surface area contributed by atoms with Crippen LogP contribution in [0.1, 0.15) is 24.6 Å². The number of aliphatic hydroxyl groups is 1. The molecule has 0 aliphatic carbocycles. The summed E-state index contributed by atoms with van der Waals surface area (Å²) in [6.45, 7) is 1.89. The van der Waals surface area contributed by atoms with Crippen molar-refractivity contribution >= 4 is 16.7 Å². The number of benzene rings is 2. The quantitative estimate of drug-likeness (QED) is 0.485. The highest BCUT2D eigenvalue weighted by Crippen LogP contribution is 2.29. The first-order valence-electron chi connectivity index (χ1n) is 9.70. The molecule has 2 aromatic carbocycles. The van der Waals surface area contributed by atoms with Gasteiger partial charge in [-0.15, -0.1) is 0 Å². The number of hydrogen-bond acceptors (Lipinski definition) is 6. The standard InChI is InChI=1S/C21H23N3O5/c25-17(14-29-18-7-5-16(6-8-18)24(26)27)13-23-20-4-2-1-3-19(20)22-21(23)15-9-11-28-12-10-15/h1-8,15,17,25H,9-14H2. The molecular weight excluding hydrogens is 374 g/mol. The summed E-state index contributed by atoms with van der Waals surface area (Å²) in [6, 6.07) is 13.7. The molecule has 1 saturated heterocycles. The normalized spacial score (nSPS) is 16.0. The molecule has 1 atom stereocenters. The van der Waals surface area contributed by atoms with Crippen molar-refractivity contribution < 1.29 is 19.5 Å². The molecule has 1 aromatic heterocycles. The van der Waals surface area contributed by atoms with Crippen molar-refractivity contribution in [3.63, 3.8) is 0 Å². The third kappa shape index (κ3) is 4.38. The van der Waals surface area contributed by atoms with Gasteiger partial charge in [0.15, 0.2) is 0 Å². The van der Waals surface area contributed by atoms with Gasteiger partial charge in [0.05, 0.1) is 22.5 Å². The van der Waals surface area contributed by atoms with Gasteiger partial charge in [-0.25, -0.2) is 4.98 Å². The maximum atomic E-state index is 10.7. The predicted molar refractivity (Wildman–Crippen MR) is 107 cm³/mol. The van der Waals surface area contributed by atoms with Crippen LogP contribution in [-0.4, -0.2) is 45.5 Å². The number of imidazole rings is 1. The van der Waals surface area contributed by atoms with Gasteiger partial charge in [0.2, 0.25) is 0 Å². The van der Waals surface area contributed by atoms with E-state index in [9.17, 15) is 15.2 Å². The van der Waals surface area contributed by atoms with E-state index in [-0.39, 0.29) is 12.3 Å². The molecule has 8 nitrogen and oxygen atoms in total. The maximum absolute atomic E-state index is 10.7. The molecular formula is C21H23N3O5. The van der Waals surface area contributed by atoms with E-state index in [0.29, 0.717) is 18.2 Å². The third-order valence-electron chi connectivity index (χ3n) is 5.15. The molecule has 0 amide bonds. The van der Waals surface area contributed by atoms with Crippen LogP contribution in [0.25, 0.3) is 11.0 Å². The van der Waals surface area contributed by atoms with Crippen molar-refractivity contribution in [2.75, 3.05) is 19.8 Å². The second-order valence-electron chi connectivity index (χ2n) is 7.17. The average molecular weight is 397 g/mol. The van der Waals surface area contributed by atoms with Gasteiger partial charge < -0.3 is 19.1 Å². The number of ether oxygens (including phenoxy) is 2. The molecule has 3 aromatic rings. The van der Waals surface area contributed by atoms with E-state index in [2.05, 4.69) is 4.57 Å². The molecule has 152 valence electrons. The number of nitro benzene ring substituents is 1. The van der Waals surface area contributed by atoms with E-state index in [1.807, 2.05) is 24.3 Å². The number of nitrogens with zero attached hydrogens (tertiary/aromatic N) is 3. The van der Waals surface area contributed by atoms with Gasteiger partial charge in [-0.1, -0.05) is 12.1 Å². The number of aliphatic hydroxyl groups excluding tert-OH is 1. The zero-order valence-electron chi connectivity index (χ0n) is 15.9. The first-order chi connectivity index (χ1) is 14.1. The first-order valence-corrected chi connectivity index (χ1v) is 9.70. The van der Waals surface area contributed by atoms with E-state index < -0.39 is 11.0 Å². The number of aromatic nitrogens is 2. The molecule has 1 aliphatic heterocycles. The molecule has 0 saturated carbocycles. The SMILES string of the molecule is O=[N+]([O-])c1ccc(OCC(O)Cn2c(C3CCOCC3)nc3ccccc32)cc1. The Kier molecular flexibility index (Phi) is 5.73. The van der Waals surface area contributed by atoms with Crippen molar-refractivity contribution in [1.82, 2.24) is 9.55 Å². The molecule has 0 radical (unpaired) electrons. The zero-order chi connectivity index (χ0) is 20.2. The lowest BCUT2D eigenvalue weighted by atomic mass is 9.99. The van der Waals surface area contributed by atoms with Crippen LogP contribution in [0.2, 0.25) is 0 Å². The Morgan fingerprint density at radius 1 is 1.21 bits per heavy atom. The van der Waals surface area contributed by atoms with Gasteiger partial charge in [0.1, 0.15) is 24.3 Å². The fraction of sp³-hybridized carbons (Fsp3) is 0.381. The summed E-state index contributed by atoms with van der Waals surface area (Å²) in [5.74, 6) is 1.76. The summed E-state index contributed by atoms with van der Waals surface area (Å²) in [5.41, 5.74) is 1.91. The Morgan fingerprint density at radius 3 is 2.66 bits per heavy atom. The third-order valence-corrected chi connectivity index (χ3v) is 5.15. The fourth-order valence-corrected chi connectivity index (χ4v) is 3.67. The highest BCUT2D eigenvalue weighted by molar-refractivity contribution is 5.76. The number of fused-ring (bicyclic) bond motifs is 1. The Labute approximate surface area is 167 Å². The topological polar surface area (TPSA) is 99.7 Å². The largest absolute Gasteiger partial charge is 0.491 e. The minimum absolute atomic E-state index is 0.00360. The lowest BCUT2D eigenvalue weighted by Crippen LogP contribution is -2.26. The summed E-state index contributed by atoms with van der Waals surface area (Å²) in [6.07, 6.45) is 1.08. The lowest BCUT2D eigenvalue weighted by Gasteiger charge is -2.23. The molecule has 1 aliphatic rings. The van der Waals surface area contributed by atoms with Gasteiger partial charge in [0, 0.05) is 31.3 Å². The molecule has 1 unspecified atom stereocenters. The van der Waals surface area contributed by atoms with Gasteiger partial charge in [-0.3, -0.25) is 10.1 Å². The van der Waals surface area contributed by atoms with Crippen LogP contribution in [0, 0.1) is 10.1 Å². The molecule has 0 bridgehead atoms. The molecule has 8 heteroatoms. The van der Waals surface area contributed by atoms with Crippen molar-refractivity contribution in [2.24, 2.45) is 0 Å². The number of para-hydroxylation sites is 2. The minimum Gasteiger partial charge on any atom is -0.491 e. The number of nitro groups is 1. The Morgan fingerprint density at radius 2 is 1.93 bits per heavy atom. The Hall–Kier alpha value is -2.97. The van der Waals surface area contributed by atoms with E-state index in [0.717, 1.165) is 42.9 Å². The van der Waals surface area contributed by atoms with Crippen molar-refractivity contribution in [3.05, 3.63) is 64.5 Å². The number of non-ortho nitro benzene ring substituents is 1. The zero-order valence-corrected chi connectivity index (χ0v) is 15.9. The monoisotopic (exact) mass is 397 g/mol. The molecule has 1 N–H and O–H groups in total. The van der Waals surface area contributed by atoms with Crippen LogP contribution in [0.5, 0.6) is 5.75 Å². The van der Waals surface area contributed by atoms with Crippen molar-refractivity contribution in [2.45, 2.75) is 31.4 Å². The van der Waals surface area contributed by atoms with Crippen LogP contribution >= 0.6 is 0 Å². The Bertz CT molecular complexity index is 980. The average Bonchev–Trinajstić information content (AvgIpc) is 3.11. The van der Waals surface area contributed by atoms with Crippen LogP contribution in [-0.2, 0) is 11.3 Å². The van der Waals surface area contributed by atoms with Gasteiger partial charge in [-0.05, 0) is 37.1 Å². The van der Waals surface area contributed by atoms with Gasteiger partial charge in [0.25, 0.3) is 5.69 Å². The number of rotatable bonds is 7. The fourth-order valence-electron chi connectivity index (χ4n) is 3.67. The van der Waals surface area contributed by atoms with Gasteiger partial charge >= 0.3 is 0 Å². The minimum atomic E-state index is -0.749. The Balaban J connectivity index is 1.48. The summed E-state index contributed by atoms with van der Waals surface area (Å²) >= 11 is 0. The van der Waals surface area contributed by atoms with Crippen LogP contribution in [0.15, 0.2) is 48.5 Å². The molecule has 29 heavy (non-hydrogen) atoms. The highest BCUT2D eigenvalue weighted by atomic mass is 16.6. The molecule has 0 spiro atoms. The maximum Gasteiger partial charge on any atom is 0.269 e. The lowest BCUT2D eigenvalue weighted by molar-refractivity contribution is -0.384. The molecule has 2 heterocycles. The first kappa shape index (κ1) is 19.4. The van der Waals surface area contributed by atoms with Crippen LogP contribution < -0.4 is 4.74 Å². The summed E-state index contributed by atoms with van der Waals surface area (Å²) in [5, 5.41) is 21.3. The highest BCUT2D eigenvalue weighted by Gasteiger charge is 2.24. The van der Waals surface area contributed by atoms with Crippen LogP contribution in [0.4, 0.5) is 5.69 Å². The predicted octanol–water partition coefficient (Wildman–Crippen LogP) is 3.28. The summed E-state index contributed by atoms with van der Waals surface area (Å²) in [4.78, 5) is 15.1. The summed E-state index contributed by atoms with van der Waals surface area (Å²) in [7, 11) is 0. The van der Waals surface area contributed by atoms with Crippen molar-refractivity contribution in [1.29, 1.82) is 0 Å². The smallest absolute Gasteiger partial charge is 0.269 e.